The number of carbonyl (C=O) groups is 1. The molecule has 128 valence electrons. The number of rotatable bonds is 5. The summed E-state index contributed by atoms with van der Waals surface area (Å²) in [5.74, 6) is 0.759. The van der Waals surface area contributed by atoms with E-state index in [1.807, 2.05) is 0 Å². The van der Waals surface area contributed by atoms with E-state index in [9.17, 15) is 9.59 Å². The van der Waals surface area contributed by atoms with Crippen LogP contribution in [-0.4, -0.2) is 27.4 Å². The summed E-state index contributed by atoms with van der Waals surface area (Å²) in [5.41, 5.74) is 1.20. The third-order valence-electron chi connectivity index (χ3n) is 4.23. The summed E-state index contributed by atoms with van der Waals surface area (Å²) < 4.78 is 13.3. The van der Waals surface area contributed by atoms with Gasteiger partial charge in [-0.1, -0.05) is 12.1 Å². The molecular formula is C18H17N3O4. The average Bonchev–Trinajstić information content (AvgIpc) is 3.21. The minimum atomic E-state index is -0.387. The lowest BCUT2D eigenvalue weighted by molar-refractivity contribution is 0.0600. The predicted octanol–water partition coefficient (Wildman–Crippen LogP) is 2.47. The summed E-state index contributed by atoms with van der Waals surface area (Å²) in [7, 11) is 1.34. The molecule has 1 saturated carbocycles. The molecule has 1 fully saturated rings. The molecule has 0 radical (unpaired) electrons. The van der Waals surface area contributed by atoms with Gasteiger partial charge in [0.1, 0.15) is 0 Å². The molecule has 0 N–H and O–H groups in total. The van der Waals surface area contributed by atoms with Gasteiger partial charge in [0.05, 0.1) is 25.5 Å². The van der Waals surface area contributed by atoms with Crippen molar-refractivity contribution in [3.05, 3.63) is 64.3 Å². The monoisotopic (exact) mass is 339 g/mol. The van der Waals surface area contributed by atoms with Crippen molar-refractivity contribution in [1.82, 2.24) is 14.3 Å². The van der Waals surface area contributed by atoms with E-state index in [2.05, 4.69) is 9.84 Å². The van der Waals surface area contributed by atoms with E-state index >= 15 is 0 Å². The fourth-order valence-corrected chi connectivity index (χ4v) is 2.80. The van der Waals surface area contributed by atoms with Crippen LogP contribution in [0.4, 0.5) is 0 Å². The summed E-state index contributed by atoms with van der Waals surface area (Å²) in [6.45, 7) is 0.327. The Balaban J connectivity index is 1.66. The molecular weight excluding hydrogens is 322 g/mol. The van der Waals surface area contributed by atoms with E-state index in [1.54, 1.807) is 47.2 Å². The standard InChI is InChI=1S/C18H17N3O4/c1-24-17(22)13-6-4-12(5-7-13)11-20-18(23)21(14-8-9-14)16(19-20)15-3-2-10-25-15/h2-7,10,14H,8-9,11H2,1H3. The van der Waals surface area contributed by atoms with Crippen molar-refractivity contribution < 1.29 is 13.9 Å². The number of methoxy groups -OCH3 is 1. The minimum Gasteiger partial charge on any atom is -0.465 e. The van der Waals surface area contributed by atoms with E-state index in [0.717, 1.165) is 18.4 Å². The number of aromatic nitrogens is 3. The Morgan fingerprint density at radius 2 is 2.04 bits per heavy atom. The van der Waals surface area contributed by atoms with E-state index in [0.29, 0.717) is 23.7 Å². The number of carbonyl (C=O) groups excluding carboxylic acids is 1. The second kappa shape index (κ2) is 6.08. The van der Waals surface area contributed by atoms with Gasteiger partial charge in [0.15, 0.2) is 5.76 Å². The van der Waals surface area contributed by atoms with Crippen molar-refractivity contribution in [2.45, 2.75) is 25.4 Å². The van der Waals surface area contributed by atoms with Gasteiger partial charge >= 0.3 is 11.7 Å². The Bertz CT molecular complexity index is 947. The van der Waals surface area contributed by atoms with Gasteiger partial charge in [0.25, 0.3) is 0 Å². The topological polar surface area (TPSA) is 79.3 Å². The highest BCUT2D eigenvalue weighted by molar-refractivity contribution is 5.89. The van der Waals surface area contributed by atoms with Crippen LogP contribution in [0.1, 0.15) is 34.8 Å². The van der Waals surface area contributed by atoms with Crippen LogP contribution in [0.15, 0.2) is 51.9 Å². The zero-order chi connectivity index (χ0) is 17.4. The van der Waals surface area contributed by atoms with E-state index in [1.165, 1.54) is 11.8 Å². The summed E-state index contributed by atoms with van der Waals surface area (Å²) in [5, 5.41) is 4.46. The Kier molecular flexibility index (Phi) is 3.76. The molecule has 7 nitrogen and oxygen atoms in total. The molecule has 1 aliphatic rings. The fourth-order valence-electron chi connectivity index (χ4n) is 2.80. The molecule has 7 heteroatoms. The molecule has 0 unspecified atom stereocenters. The van der Waals surface area contributed by atoms with Crippen LogP contribution in [0.25, 0.3) is 11.6 Å². The summed E-state index contributed by atoms with van der Waals surface area (Å²) in [4.78, 5) is 24.2. The molecule has 1 aliphatic carbocycles. The van der Waals surface area contributed by atoms with Crippen molar-refractivity contribution in [3.63, 3.8) is 0 Å². The molecule has 25 heavy (non-hydrogen) atoms. The number of benzene rings is 1. The Hall–Kier alpha value is -3.09. The smallest absolute Gasteiger partial charge is 0.346 e. The lowest BCUT2D eigenvalue weighted by Gasteiger charge is -2.02. The maximum Gasteiger partial charge on any atom is 0.346 e. The van der Waals surface area contributed by atoms with Gasteiger partial charge in [-0.15, -0.1) is 5.10 Å². The first kappa shape index (κ1) is 15.4. The lowest BCUT2D eigenvalue weighted by Crippen LogP contribution is -2.25. The van der Waals surface area contributed by atoms with Crippen molar-refractivity contribution in [2.24, 2.45) is 0 Å². The number of furan rings is 1. The molecule has 2 heterocycles. The van der Waals surface area contributed by atoms with E-state index < -0.39 is 0 Å². The maximum absolute atomic E-state index is 12.7. The highest BCUT2D eigenvalue weighted by Crippen LogP contribution is 2.36. The van der Waals surface area contributed by atoms with Crippen LogP contribution in [0.2, 0.25) is 0 Å². The van der Waals surface area contributed by atoms with Gasteiger partial charge in [-0.05, 0) is 42.7 Å². The molecule has 2 aromatic heterocycles. The summed E-state index contributed by atoms with van der Waals surface area (Å²) in [6.07, 6.45) is 3.53. The predicted molar refractivity (Wildman–Crippen MR) is 89.3 cm³/mol. The van der Waals surface area contributed by atoms with E-state index in [-0.39, 0.29) is 17.7 Å². The normalized spacial score (nSPS) is 13.8. The quantitative estimate of drug-likeness (QED) is 0.667. The zero-order valence-corrected chi connectivity index (χ0v) is 13.7. The second-order valence-corrected chi connectivity index (χ2v) is 6.03. The minimum absolute atomic E-state index is 0.147. The van der Waals surface area contributed by atoms with Crippen LogP contribution in [-0.2, 0) is 11.3 Å². The first-order chi connectivity index (χ1) is 12.2. The third-order valence-corrected chi connectivity index (χ3v) is 4.23. The number of esters is 1. The van der Waals surface area contributed by atoms with Crippen molar-refractivity contribution >= 4 is 5.97 Å². The number of nitrogens with zero attached hydrogens (tertiary/aromatic N) is 3. The highest BCUT2D eigenvalue weighted by atomic mass is 16.5. The van der Waals surface area contributed by atoms with Gasteiger partial charge in [-0.3, -0.25) is 4.57 Å². The van der Waals surface area contributed by atoms with Gasteiger partial charge in [-0.2, -0.15) is 0 Å². The third kappa shape index (κ3) is 2.88. The van der Waals surface area contributed by atoms with Crippen molar-refractivity contribution in [2.75, 3.05) is 7.11 Å². The van der Waals surface area contributed by atoms with Gasteiger partial charge in [-0.25, -0.2) is 14.3 Å². The van der Waals surface area contributed by atoms with Crippen LogP contribution in [0.5, 0.6) is 0 Å². The molecule has 1 aromatic carbocycles. The highest BCUT2D eigenvalue weighted by Gasteiger charge is 2.31. The molecule has 0 amide bonds. The summed E-state index contributed by atoms with van der Waals surface area (Å²) in [6, 6.07) is 10.7. The first-order valence-electron chi connectivity index (χ1n) is 8.08. The van der Waals surface area contributed by atoms with E-state index in [4.69, 9.17) is 4.42 Å². The molecule has 3 aromatic rings. The van der Waals surface area contributed by atoms with Crippen LogP contribution in [0, 0.1) is 0 Å². The second-order valence-electron chi connectivity index (χ2n) is 6.03. The van der Waals surface area contributed by atoms with Crippen molar-refractivity contribution in [1.29, 1.82) is 0 Å². The lowest BCUT2D eigenvalue weighted by atomic mass is 10.1. The maximum atomic E-state index is 12.7. The van der Waals surface area contributed by atoms with Gasteiger partial charge in [0.2, 0.25) is 5.82 Å². The number of ether oxygens (including phenoxy) is 1. The Morgan fingerprint density at radius 1 is 1.28 bits per heavy atom. The molecule has 0 aliphatic heterocycles. The summed E-state index contributed by atoms with van der Waals surface area (Å²) >= 11 is 0. The van der Waals surface area contributed by atoms with Crippen molar-refractivity contribution in [3.8, 4) is 11.6 Å². The van der Waals surface area contributed by atoms with Crippen LogP contribution in [0.3, 0.4) is 0 Å². The molecule has 0 saturated heterocycles. The molecule has 0 atom stereocenters. The van der Waals surface area contributed by atoms with Crippen LogP contribution < -0.4 is 5.69 Å². The largest absolute Gasteiger partial charge is 0.465 e. The molecule has 0 spiro atoms. The average molecular weight is 339 g/mol. The zero-order valence-electron chi connectivity index (χ0n) is 13.7. The first-order valence-corrected chi connectivity index (χ1v) is 8.08. The van der Waals surface area contributed by atoms with Gasteiger partial charge in [0, 0.05) is 6.04 Å². The number of hydrogen-bond acceptors (Lipinski definition) is 5. The Labute approximate surface area is 143 Å². The molecule has 0 bridgehead atoms. The fraction of sp³-hybridized carbons (Fsp3) is 0.278. The van der Waals surface area contributed by atoms with Gasteiger partial charge < -0.3 is 9.15 Å². The molecule has 4 rings (SSSR count). The van der Waals surface area contributed by atoms with Crippen LogP contribution >= 0.6 is 0 Å². The SMILES string of the molecule is COC(=O)c1ccc(Cn2nc(-c3ccco3)n(C3CC3)c2=O)cc1. The number of hydrogen-bond donors (Lipinski definition) is 0. The Morgan fingerprint density at radius 3 is 2.64 bits per heavy atom.